The third-order valence-corrected chi connectivity index (χ3v) is 1.88. The summed E-state index contributed by atoms with van der Waals surface area (Å²) in [5.41, 5.74) is 1.48. The molecule has 0 aliphatic heterocycles. The number of benzene rings is 1. The number of rotatable bonds is 2. The number of hydrogen-bond acceptors (Lipinski definition) is 4. The molecule has 7 heteroatoms. The van der Waals surface area contributed by atoms with Crippen LogP contribution in [0.4, 0.5) is 14.5 Å². The minimum Gasteiger partial charge on any atom is -0.275 e. The van der Waals surface area contributed by atoms with Gasteiger partial charge >= 0.3 is 0 Å². The lowest BCUT2D eigenvalue weighted by molar-refractivity contribution is 0.584. The zero-order chi connectivity index (χ0) is 12.1. The third-order valence-electron chi connectivity index (χ3n) is 1.49. The molecule has 0 aliphatic carbocycles. The molecule has 0 atom stereocenters. The molecule has 0 saturated heterocycles. The second kappa shape index (κ2) is 5.06. The molecule has 1 rings (SSSR count). The molecule has 4 nitrogen and oxygen atoms in total. The van der Waals surface area contributed by atoms with Gasteiger partial charge in [0, 0.05) is 12.1 Å². The molecule has 16 heavy (non-hydrogen) atoms. The van der Waals surface area contributed by atoms with Crippen molar-refractivity contribution in [3.05, 3.63) is 28.8 Å². The summed E-state index contributed by atoms with van der Waals surface area (Å²) in [5.74, 6) is -1.81. The van der Waals surface area contributed by atoms with Crippen molar-refractivity contribution in [2.75, 3.05) is 5.43 Å². The lowest BCUT2D eigenvalue weighted by Crippen LogP contribution is -1.98. The quantitative estimate of drug-likeness (QED) is 0.490. The predicted octanol–water partition coefficient (Wildman–Crippen LogP) is 2.43. The Morgan fingerprint density at radius 2 is 1.94 bits per heavy atom. The number of nitriles is 2. The molecule has 0 aromatic heterocycles. The van der Waals surface area contributed by atoms with Crippen LogP contribution in [0.1, 0.15) is 0 Å². The standard InChI is InChI=1S/C9H3ClF2N4/c10-9-7(12)1-5(11)2-8(9)16-15-6(3-13)4-14/h1-2,16H. The van der Waals surface area contributed by atoms with Gasteiger partial charge in [-0.2, -0.15) is 15.6 Å². The Bertz CT molecular complexity index is 512. The van der Waals surface area contributed by atoms with E-state index in [9.17, 15) is 8.78 Å². The summed E-state index contributed by atoms with van der Waals surface area (Å²) in [4.78, 5) is 0. The zero-order valence-corrected chi connectivity index (χ0v) is 8.39. The highest BCUT2D eigenvalue weighted by molar-refractivity contribution is 6.33. The van der Waals surface area contributed by atoms with E-state index in [1.807, 2.05) is 0 Å². The summed E-state index contributed by atoms with van der Waals surface area (Å²) in [6.45, 7) is 0. The van der Waals surface area contributed by atoms with Gasteiger partial charge in [-0.3, -0.25) is 5.43 Å². The fourth-order valence-electron chi connectivity index (χ4n) is 0.828. The van der Waals surface area contributed by atoms with Gasteiger partial charge in [0.05, 0.1) is 5.69 Å². The lowest BCUT2D eigenvalue weighted by atomic mass is 10.3. The maximum atomic E-state index is 12.9. The van der Waals surface area contributed by atoms with E-state index in [4.69, 9.17) is 22.1 Å². The predicted molar refractivity (Wildman–Crippen MR) is 53.7 cm³/mol. The summed E-state index contributed by atoms with van der Waals surface area (Å²) in [6, 6.07) is 4.43. The second-order valence-corrected chi connectivity index (χ2v) is 2.92. The first-order valence-electron chi connectivity index (χ1n) is 3.87. The molecule has 0 unspecified atom stereocenters. The van der Waals surface area contributed by atoms with Crippen LogP contribution in [0.5, 0.6) is 0 Å². The van der Waals surface area contributed by atoms with Crippen LogP contribution in [0.25, 0.3) is 0 Å². The maximum Gasteiger partial charge on any atom is 0.237 e. The Hall–Kier alpha value is -2.18. The fraction of sp³-hybridized carbons (Fsp3) is 0. The van der Waals surface area contributed by atoms with E-state index in [1.165, 1.54) is 12.1 Å². The number of halogens is 3. The normalized spacial score (nSPS) is 8.81. The van der Waals surface area contributed by atoms with Gasteiger partial charge in [0.25, 0.3) is 0 Å². The van der Waals surface area contributed by atoms with Crippen LogP contribution in [0.3, 0.4) is 0 Å². The Labute approximate surface area is 94.4 Å². The van der Waals surface area contributed by atoms with Crippen LogP contribution in [0.15, 0.2) is 17.2 Å². The van der Waals surface area contributed by atoms with E-state index in [0.29, 0.717) is 6.07 Å². The van der Waals surface area contributed by atoms with Gasteiger partial charge in [-0.15, -0.1) is 0 Å². The fourth-order valence-corrected chi connectivity index (χ4v) is 0.980. The minimum absolute atomic E-state index is 0.165. The molecule has 0 spiro atoms. The van der Waals surface area contributed by atoms with Crippen LogP contribution in [-0.2, 0) is 0 Å². The van der Waals surface area contributed by atoms with Crippen molar-refractivity contribution in [1.82, 2.24) is 0 Å². The van der Waals surface area contributed by atoms with E-state index in [0.717, 1.165) is 6.07 Å². The average Bonchev–Trinajstić information content (AvgIpc) is 2.26. The number of nitrogens with one attached hydrogen (secondary N) is 1. The van der Waals surface area contributed by atoms with E-state index < -0.39 is 17.3 Å². The van der Waals surface area contributed by atoms with Crippen molar-refractivity contribution < 1.29 is 8.78 Å². The van der Waals surface area contributed by atoms with E-state index >= 15 is 0 Å². The highest BCUT2D eigenvalue weighted by Gasteiger charge is 2.08. The van der Waals surface area contributed by atoms with Crippen LogP contribution < -0.4 is 5.43 Å². The molecule has 0 bridgehead atoms. The van der Waals surface area contributed by atoms with Crippen molar-refractivity contribution in [3.63, 3.8) is 0 Å². The van der Waals surface area contributed by atoms with Crippen molar-refractivity contribution >= 4 is 23.0 Å². The van der Waals surface area contributed by atoms with Crippen LogP contribution in [0.2, 0.25) is 5.02 Å². The highest BCUT2D eigenvalue weighted by Crippen LogP contribution is 2.26. The summed E-state index contributed by atoms with van der Waals surface area (Å²) in [5, 5.41) is 19.6. The highest BCUT2D eigenvalue weighted by atomic mass is 35.5. The molecule has 1 aromatic carbocycles. The van der Waals surface area contributed by atoms with Gasteiger partial charge in [0.2, 0.25) is 5.71 Å². The largest absolute Gasteiger partial charge is 0.275 e. The first kappa shape index (κ1) is 11.9. The molecule has 0 heterocycles. The Morgan fingerprint density at radius 1 is 1.31 bits per heavy atom. The smallest absolute Gasteiger partial charge is 0.237 e. The molecule has 0 fully saturated rings. The van der Waals surface area contributed by atoms with Crippen molar-refractivity contribution in [2.24, 2.45) is 5.10 Å². The van der Waals surface area contributed by atoms with E-state index in [-0.39, 0.29) is 10.7 Å². The zero-order valence-electron chi connectivity index (χ0n) is 7.63. The first-order chi connectivity index (χ1) is 7.58. The van der Waals surface area contributed by atoms with Crippen molar-refractivity contribution in [3.8, 4) is 12.1 Å². The van der Waals surface area contributed by atoms with Crippen molar-refractivity contribution in [2.45, 2.75) is 0 Å². The van der Waals surface area contributed by atoms with Crippen LogP contribution in [0, 0.1) is 34.3 Å². The van der Waals surface area contributed by atoms with E-state index in [1.54, 1.807) is 0 Å². The van der Waals surface area contributed by atoms with Crippen molar-refractivity contribution in [1.29, 1.82) is 10.5 Å². The van der Waals surface area contributed by atoms with Gasteiger partial charge in [-0.05, 0) is 0 Å². The van der Waals surface area contributed by atoms with Crippen LogP contribution >= 0.6 is 11.6 Å². The van der Waals surface area contributed by atoms with Crippen LogP contribution in [-0.4, -0.2) is 5.71 Å². The SMILES string of the molecule is N#CC(C#N)=NNc1cc(F)cc(F)c1Cl. The van der Waals surface area contributed by atoms with Gasteiger partial charge in [-0.1, -0.05) is 11.6 Å². The topological polar surface area (TPSA) is 72.0 Å². The monoisotopic (exact) mass is 240 g/mol. The molecule has 1 aromatic rings. The number of nitrogens with zero attached hydrogens (tertiary/aromatic N) is 3. The summed E-state index contributed by atoms with van der Waals surface area (Å²) in [6.07, 6.45) is 0. The molecular formula is C9H3ClF2N4. The number of hydrogen-bond donors (Lipinski definition) is 1. The van der Waals surface area contributed by atoms with Gasteiger partial charge in [-0.25, -0.2) is 8.78 Å². The number of hydrazone groups is 1. The first-order valence-corrected chi connectivity index (χ1v) is 4.24. The minimum atomic E-state index is -0.963. The van der Waals surface area contributed by atoms with E-state index in [2.05, 4.69) is 10.5 Å². The Morgan fingerprint density at radius 3 is 2.50 bits per heavy atom. The molecule has 0 radical (unpaired) electrons. The molecule has 0 aliphatic rings. The average molecular weight is 241 g/mol. The molecule has 1 N–H and O–H groups in total. The summed E-state index contributed by atoms with van der Waals surface area (Å²) < 4.78 is 25.7. The third kappa shape index (κ3) is 2.66. The summed E-state index contributed by atoms with van der Waals surface area (Å²) in [7, 11) is 0. The number of anilines is 1. The van der Waals surface area contributed by atoms with Gasteiger partial charge in [0.15, 0.2) is 0 Å². The molecule has 0 saturated carbocycles. The lowest BCUT2D eigenvalue weighted by Gasteiger charge is -2.03. The molecule has 0 amide bonds. The Kier molecular flexibility index (Phi) is 3.76. The van der Waals surface area contributed by atoms with Gasteiger partial charge in [0.1, 0.15) is 28.8 Å². The molecule has 80 valence electrons. The second-order valence-electron chi connectivity index (χ2n) is 2.54. The Balaban J connectivity index is 3.05. The van der Waals surface area contributed by atoms with Gasteiger partial charge < -0.3 is 0 Å². The molecular weight excluding hydrogens is 238 g/mol. The maximum absolute atomic E-state index is 12.9. The summed E-state index contributed by atoms with van der Waals surface area (Å²) >= 11 is 5.50.